The number of fused-ring (bicyclic) bond motifs is 1. The second-order valence-electron chi connectivity index (χ2n) is 8.08. The van der Waals surface area contributed by atoms with Crippen LogP contribution in [0.1, 0.15) is 36.2 Å². The van der Waals surface area contributed by atoms with Gasteiger partial charge in [0.05, 0.1) is 12.5 Å². The van der Waals surface area contributed by atoms with Crippen molar-refractivity contribution in [2.75, 3.05) is 13.7 Å². The third-order valence-corrected chi connectivity index (χ3v) is 5.22. The molecule has 10 heteroatoms. The molecule has 0 fully saturated rings. The van der Waals surface area contributed by atoms with Gasteiger partial charge < -0.3 is 39.4 Å². The van der Waals surface area contributed by atoms with Crippen molar-refractivity contribution in [2.45, 2.75) is 39.6 Å². The fraction of sp³-hybridized carbons (Fsp3) is 0.391. The molecule has 2 aromatic carbocycles. The summed E-state index contributed by atoms with van der Waals surface area (Å²) in [4.78, 5) is 24.4. The normalized spacial score (nSPS) is 13.3. The number of methoxy groups -OCH3 is 1. The van der Waals surface area contributed by atoms with Crippen LogP contribution in [-0.2, 0) is 16.0 Å². The highest BCUT2D eigenvalue weighted by Gasteiger charge is 2.32. The molecule has 0 radical (unpaired) electrons. The van der Waals surface area contributed by atoms with Gasteiger partial charge in [0, 0.05) is 17.5 Å². The van der Waals surface area contributed by atoms with Crippen LogP contribution in [0.15, 0.2) is 30.3 Å². The van der Waals surface area contributed by atoms with Gasteiger partial charge in [-0.1, -0.05) is 18.2 Å². The topological polar surface area (TPSA) is 152 Å². The first kappa shape index (κ1) is 24.5. The van der Waals surface area contributed by atoms with Crippen LogP contribution < -0.4 is 14.2 Å². The zero-order chi connectivity index (χ0) is 24.3. The lowest BCUT2D eigenvalue weighted by atomic mass is 9.94. The SMILES string of the molecule is COC(=O)C(C)(C)COc1c(-c2cccc3c2CCC3=O)ccc(OC(O)O)c1OC(O)O. The lowest BCUT2D eigenvalue weighted by Crippen LogP contribution is -2.32. The molecule has 33 heavy (non-hydrogen) atoms. The van der Waals surface area contributed by atoms with Gasteiger partial charge in [-0.05, 0) is 43.5 Å². The number of carbonyl (C=O) groups excluding carboxylic acids is 2. The van der Waals surface area contributed by atoms with E-state index in [4.69, 9.17) is 18.9 Å². The van der Waals surface area contributed by atoms with Crippen molar-refractivity contribution in [3.05, 3.63) is 41.5 Å². The summed E-state index contributed by atoms with van der Waals surface area (Å²) in [7, 11) is 1.24. The summed E-state index contributed by atoms with van der Waals surface area (Å²) in [5.41, 5.74) is 1.31. The number of Topliss-reactive ketones (excluding diaryl/α,β-unsaturated/α-hetero) is 1. The molecule has 3 rings (SSSR count). The Labute approximate surface area is 189 Å². The highest BCUT2D eigenvalue weighted by atomic mass is 16.8. The zero-order valence-corrected chi connectivity index (χ0v) is 18.4. The van der Waals surface area contributed by atoms with Gasteiger partial charge in [0.25, 0.3) is 0 Å². The van der Waals surface area contributed by atoms with E-state index in [1.165, 1.54) is 13.2 Å². The highest BCUT2D eigenvalue weighted by Crippen LogP contribution is 2.47. The van der Waals surface area contributed by atoms with Crippen LogP contribution in [0, 0.1) is 5.41 Å². The molecule has 0 atom stereocenters. The van der Waals surface area contributed by atoms with Crippen LogP contribution in [0.5, 0.6) is 17.2 Å². The van der Waals surface area contributed by atoms with Crippen molar-refractivity contribution in [1.29, 1.82) is 0 Å². The molecular formula is C23H26O10. The van der Waals surface area contributed by atoms with Crippen molar-refractivity contribution in [1.82, 2.24) is 0 Å². The fourth-order valence-corrected chi connectivity index (χ4v) is 3.65. The third kappa shape index (κ3) is 5.25. The van der Waals surface area contributed by atoms with Gasteiger partial charge in [-0.3, -0.25) is 9.59 Å². The van der Waals surface area contributed by atoms with Crippen molar-refractivity contribution in [3.63, 3.8) is 0 Å². The van der Waals surface area contributed by atoms with E-state index in [-0.39, 0.29) is 29.6 Å². The van der Waals surface area contributed by atoms with Crippen molar-refractivity contribution < 1.29 is 49.0 Å². The van der Waals surface area contributed by atoms with E-state index in [2.05, 4.69) is 0 Å². The van der Waals surface area contributed by atoms with Crippen LogP contribution in [0.25, 0.3) is 11.1 Å². The molecule has 0 saturated heterocycles. The Morgan fingerprint density at radius 3 is 2.24 bits per heavy atom. The number of rotatable bonds is 9. The molecule has 0 aromatic heterocycles. The molecule has 2 aromatic rings. The minimum atomic E-state index is -2.29. The quantitative estimate of drug-likeness (QED) is 0.317. The zero-order valence-electron chi connectivity index (χ0n) is 18.4. The Morgan fingerprint density at radius 2 is 1.61 bits per heavy atom. The Kier molecular flexibility index (Phi) is 7.23. The Morgan fingerprint density at radius 1 is 0.939 bits per heavy atom. The monoisotopic (exact) mass is 462 g/mol. The molecule has 178 valence electrons. The van der Waals surface area contributed by atoms with Crippen LogP contribution in [0.3, 0.4) is 0 Å². The molecule has 0 spiro atoms. The van der Waals surface area contributed by atoms with Crippen LogP contribution in [-0.4, -0.2) is 58.8 Å². The molecule has 0 amide bonds. The Balaban J connectivity index is 2.19. The molecule has 0 bridgehead atoms. The van der Waals surface area contributed by atoms with Gasteiger partial charge in [0.1, 0.15) is 6.61 Å². The predicted octanol–water partition coefficient (Wildman–Crippen LogP) is 1.35. The average Bonchev–Trinajstić information content (AvgIpc) is 3.13. The molecule has 10 nitrogen and oxygen atoms in total. The minimum Gasteiger partial charge on any atom is -0.488 e. The average molecular weight is 462 g/mol. The third-order valence-electron chi connectivity index (χ3n) is 5.22. The molecule has 0 aliphatic heterocycles. The first-order valence-corrected chi connectivity index (χ1v) is 10.1. The first-order chi connectivity index (χ1) is 15.5. The number of ether oxygens (including phenoxy) is 4. The summed E-state index contributed by atoms with van der Waals surface area (Å²) < 4.78 is 20.8. The largest absolute Gasteiger partial charge is 0.488 e. The van der Waals surface area contributed by atoms with E-state index in [0.717, 1.165) is 5.56 Å². The maximum atomic E-state index is 12.2. The number of esters is 1. The maximum Gasteiger partial charge on any atom is 0.314 e. The summed E-state index contributed by atoms with van der Waals surface area (Å²) >= 11 is 0. The summed E-state index contributed by atoms with van der Waals surface area (Å²) in [6.07, 6.45) is 0.859. The van der Waals surface area contributed by atoms with Crippen LogP contribution in [0.4, 0.5) is 0 Å². The Hall–Kier alpha value is -3.18. The van der Waals surface area contributed by atoms with E-state index < -0.39 is 24.3 Å². The summed E-state index contributed by atoms with van der Waals surface area (Å²) in [6.45, 7) is -1.54. The molecule has 0 heterocycles. The standard InChI is InChI=1S/C23H26O10/c1-23(2,20(25)30-3)11-31-18-15(12-5-4-6-14-13(12)7-9-16(14)24)8-10-17(32-21(26)27)19(18)33-22(28)29/h4-6,8,10,21-22,26-29H,7,9,11H2,1-3H3. The molecule has 0 unspecified atom stereocenters. The van der Waals surface area contributed by atoms with Crippen LogP contribution >= 0.6 is 0 Å². The lowest BCUT2D eigenvalue weighted by molar-refractivity contribution is -0.193. The molecular weight excluding hydrogens is 436 g/mol. The van der Waals surface area contributed by atoms with Gasteiger partial charge in [-0.2, -0.15) is 0 Å². The number of aliphatic hydroxyl groups excluding tert-OH is 2. The smallest absolute Gasteiger partial charge is 0.314 e. The van der Waals surface area contributed by atoms with Crippen molar-refractivity contribution >= 4 is 11.8 Å². The van der Waals surface area contributed by atoms with Gasteiger partial charge in [-0.25, -0.2) is 0 Å². The number of ketones is 1. The number of aliphatic hydroxyl groups is 4. The minimum absolute atomic E-state index is 0.00625. The fourth-order valence-electron chi connectivity index (χ4n) is 3.65. The number of carbonyl (C=O) groups is 2. The summed E-state index contributed by atoms with van der Waals surface area (Å²) in [5.74, 6) is -1.18. The van der Waals surface area contributed by atoms with E-state index in [1.54, 1.807) is 38.1 Å². The highest BCUT2D eigenvalue weighted by molar-refractivity contribution is 6.02. The number of benzene rings is 2. The van der Waals surface area contributed by atoms with Gasteiger partial charge in [0.2, 0.25) is 5.75 Å². The van der Waals surface area contributed by atoms with Gasteiger partial charge >= 0.3 is 18.9 Å². The van der Waals surface area contributed by atoms with E-state index in [1.807, 2.05) is 0 Å². The van der Waals surface area contributed by atoms with Crippen LogP contribution in [0.2, 0.25) is 0 Å². The summed E-state index contributed by atoms with van der Waals surface area (Å²) in [6, 6.07) is 8.09. The molecule has 1 aliphatic rings. The van der Waals surface area contributed by atoms with Gasteiger partial charge in [0.15, 0.2) is 17.3 Å². The lowest BCUT2D eigenvalue weighted by Gasteiger charge is -2.25. The number of hydrogen-bond acceptors (Lipinski definition) is 10. The second-order valence-corrected chi connectivity index (χ2v) is 8.08. The predicted molar refractivity (Wildman–Crippen MR) is 114 cm³/mol. The van der Waals surface area contributed by atoms with Crippen molar-refractivity contribution in [3.8, 4) is 28.4 Å². The number of hydrogen-bond donors (Lipinski definition) is 4. The van der Waals surface area contributed by atoms with E-state index in [0.29, 0.717) is 29.5 Å². The molecule has 4 N–H and O–H groups in total. The van der Waals surface area contributed by atoms with E-state index >= 15 is 0 Å². The van der Waals surface area contributed by atoms with Crippen molar-refractivity contribution in [2.24, 2.45) is 5.41 Å². The molecule has 0 saturated carbocycles. The first-order valence-electron chi connectivity index (χ1n) is 10.1. The van der Waals surface area contributed by atoms with Gasteiger partial charge in [-0.15, -0.1) is 0 Å². The Bertz CT molecular complexity index is 1040. The second kappa shape index (κ2) is 9.75. The molecule has 1 aliphatic carbocycles. The summed E-state index contributed by atoms with van der Waals surface area (Å²) in [5, 5.41) is 37.5. The maximum absolute atomic E-state index is 12.2. The van der Waals surface area contributed by atoms with E-state index in [9.17, 15) is 30.0 Å².